The van der Waals surface area contributed by atoms with Gasteiger partial charge in [0.25, 0.3) is 0 Å². The van der Waals surface area contributed by atoms with Crippen LogP contribution in [-0.2, 0) is 16.0 Å². The number of carbonyl (C=O) groups is 1. The minimum absolute atomic E-state index is 0.197. The summed E-state index contributed by atoms with van der Waals surface area (Å²) in [4.78, 5) is 21.4. The van der Waals surface area contributed by atoms with Crippen LogP contribution in [0, 0.1) is 6.92 Å². The number of nitrogens with zero attached hydrogens (tertiary/aromatic N) is 3. The number of thiazole rings is 1. The molecule has 0 bridgehead atoms. The Bertz CT molecular complexity index is 517. The Morgan fingerprint density at radius 2 is 2.32 bits per heavy atom. The summed E-state index contributed by atoms with van der Waals surface area (Å²) in [6.07, 6.45) is 2.79. The van der Waals surface area contributed by atoms with Crippen LogP contribution in [0.1, 0.15) is 30.5 Å². The molecule has 0 spiro atoms. The van der Waals surface area contributed by atoms with Crippen LogP contribution < -0.4 is 0 Å². The Labute approximate surface area is 136 Å². The standard InChI is InChI=1S/C16H25N3O2S/c1-3-4-14-9-21-10-15-8-18(5-6-19(14)15)16(20)7-13-11-22-12(2)17-13/h11,14-15H,3-10H2,1-2H3/t14-,15+/m0/s1. The highest BCUT2D eigenvalue weighted by atomic mass is 32.1. The lowest BCUT2D eigenvalue weighted by Gasteiger charge is -2.48. The highest BCUT2D eigenvalue weighted by Gasteiger charge is 2.36. The summed E-state index contributed by atoms with van der Waals surface area (Å²) in [5.41, 5.74) is 0.902. The van der Waals surface area contributed by atoms with Crippen LogP contribution in [0.15, 0.2) is 5.38 Å². The van der Waals surface area contributed by atoms with Gasteiger partial charge in [-0.15, -0.1) is 11.3 Å². The number of morpholine rings is 1. The zero-order chi connectivity index (χ0) is 15.5. The molecule has 0 saturated carbocycles. The lowest BCUT2D eigenvalue weighted by Crippen LogP contribution is -2.62. The van der Waals surface area contributed by atoms with Gasteiger partial charge in [-0.1, -0.05) is 13.3 Å². The number of ether oxygens (including phenoxy) is 1. The zero-order valence-corrected chi connectivity index (χ0v) is 14.3. The van der Waals surface area contributed by atoms with Gasteiger partial charge in [-0.05, 0) is 13.3 Å². The summed E-state index contributed by atoms with van der Waals surface area (Å²) in [7, 11) is 0. The van der Waals surface area contributed by atoms with Crippen molar-refractivity contribution in [1.29, 1.82) is 0 Å². The Kier molecular flexibility index (Phi) is 5.10. The smallest absolute Gasteiger partial charge is 0.228 e. The molecule has 5 nitrogen and oxygen atoms in total. The summed E-state index contributed by atoms with van der Waals surface area (Å²) >= 11 is 1.61. The Hall–Kier alpha value is -0.980. The Morgan fingerprint density at radius 1 is 1.45 bits per heavy atom. The molecular weight excluding hydrogens is 298 g/mol. The van der Waals surface area contributed by atoms with Gasteiger partial charge in [-0.3, -0.25) is 9.69 Å². The van der Waals surface area contributed by atoms with Crippen LogP contribution in [0.3, 0.4) is 0 Å². The summed E-state index contributed by atoms with van der Waals surface area (Å²) in [6.45, 7) is 8.39. The average molecular weight is 323 g/mol. The van der Waals surface area contributed by atoms with Crippen molar-refractivity contribution in [1.82, 2.24) is 14.8 Å². The van der Waals surface area contributed by atoms with Crippen molar-refractivity contribution in [3.05, 3.63) is 16.1 Å². The number of carbonyl (C=O) groups excluding carboxylic acids is 1. The van der Waals surface area contributed by atoms with Gasteiger partial charge in [0.15, 0.2) is 0 Å². The summed E-state index contributed by atoms with van der Waals surface area (Å²) in [6, 6.07) is 0.891. The molecule has 1 aromatic heterocycles. The summed E-state index contributed by atoms with van der Waals surface area (Å²) < 4.78 is 5.76. The average Bonchev–Trinajstić information content (AvgIpc) is 2.92. The highest BCUT2D eigenvalue weighted by Crippen LogP contribution is 2.22. The normalized spacial score (nSPS) is 26.0. The van der Waals surface area contributed by atoms with Crippen LogP contribution in [0.5, 0.6) is 0 Å². The first-order valence-corrected chi connectivity index (χ1v) is 9.07. The van der Waals surface area contributed by atoms with E-state index in [0.29, 0.717) is 18.5 Å². The molecule has 0 aromatic carbocycles. The molecule has 2 atom stereocenters. The largest absolute Gasteiger partial charge is 0.378 e. The lowest BCUT2D eigenvalue weighted by atomic mass is 10.0. The van der Waals surface area contributed by atoms with E-state index in [1.807, 2.05) is 17.2 Å². The van der Waals surface area contributed by atoms with E-state index in [9.17, 15) is 4.79 Å². The van der Waals surface area contributed by atoms with Crippen molar-refractivity contribution in [3.8, 4) is 0 Å². The Morgan fingerprint density at radius 3 is 3.05 bits per heavy atom. The Balaban J connectivity index is 1.58. The molecule has 0 radical (unpaired) electrons. The fourth-order valence-electron chi connectivity index (χ4n) is 3.50. The van der Waals surface area contributed by atoms with E-state index in [2.05, 4.69) is 16.8 Å². The number of hydrogen-bond acceptors (Lipinski definition) is 5. The molecule has 0 unspecified atom stereocenters. The fraction of sp³-hybridized carbons (Fsp3) is 0.750. The van der Waals surface area contributed by atoms with E-state index in [4.69, 9.17) is 4.74 Å². The lowest BCUT2D eigenvalue weighted by molar-refractivity contribution is -0.139. The number of aromatic nitrogens is 1. The predicted octanol–water partition coefficient (Wildman–Crippen LogP) is 1.71. The van der Waals surface area contributed by atoms with E-state index in [0.717, 1.165) is 43.5 Å². The van der Waals surface area contributed by atoms with Crippen LogP contribution >= 0.6 is 11.3 Å². The second-order valence-corrected chi connectivity index (χ2v) is 7.31. The molecule has 3 heterocycles. The molecule has 1 amide bonds. The second kappa shape index (κ2) is 7.06. The van der Waals surface area contributed by atoms with Crippen molar-refractivity contribution >= 4 is 17.2 Å². The van der Waals surface area contributed by atoms with Crippen LogP contribution in [0.4, 0.5) is 0 Å². The third-order valence-corrected chi connectivity index (χ3v) is 5.41. The highest BCUT2D eigenvalue weighted by molar-refractivity contribution is 7.09. The van der Waals surface area contributed by atoms with Crippen LogP contribution in [0.25, 0.3) is 0 Å². The maximum absolute atomic E-state index is 12.5. The fourth-order valence-corrected chi connectivity index (χ4v) is 4.11. The van der Waals surface area contributed by atoms with E-state index in [1.165, 1.54) is 12.8 Å². The van der Waals surface area contributed by atoms with E-state index < -0.39 is 0 Å². The van der Waals surface area contributed by atoms with Gasteiger partial charge in [0.1, 0.15) is 0 Å². The van der Waals surface area contributed by atoms with E-state index in [1.54, 1.807) is 11.3 Å². The number of rotatable bonds is 4. The van der Waals surface area contributed by atoms with E-state index in [-0.39, 0.29) is 5.91 Å². The molecular formula is C16H25N3O2S. The van der Waals surface area contributed by atoms with Crippen LogP contribution in [-0.4, -0.2) is 65.6 Å². The number of hydrogen-bond donors (Lipinski definition) is 0. The van der Waals surface area contributed by atoms with E-state index >= 15 is 0 Å². The third kappa shape index (κ3) is 3.50. The zero-order valence-electron chi connectivity index (χ0n) is 13.5. The first-order chi connectivity index (χ1) is 10.7. The van der Waals surface area contributed by atoms with Gasteiger partial charge >= 0.3 is 0 Å². The van der Waals surface area contributed by atoms with Gasteiger partial charge in [0, 0.05) is 31.1 Å². The molecule has 2 aliphatic rings. The summed E-state index contributed by atoms with van der Waals surface area (Å²) in [5, 5.41) is 3.01. The first-order valence-electron chi connectivity index (χ1n) is 8.19. The maximum atomic E-state index is 12.5. The maximum Gasteiger partial charge on any atom is 0.228 e. The minimum atomic E-state index is 0.197. The second-order valence-electron chi connectivity index (χ2n) is 6.25. The SMILES string of the molecule is CCC[C@H]1COC[C@H]2CN(C(=O)Cc3csc(C)n3)CCN12. The quantitative estimate of drug-likeness (QED) is 0.846. The topological polar surface area (TPSA) is 45.7 Å². The van der Waals surface area contributed by atoms with Crippen molar-refractivity contribution in [2.24, 2.45) is 0 Å². The first kappa shape index (κ1) is 15.9. The molecule has 2 saturated heterocycles. The van der Waals surface area contributed by atoms with Crippen molar-refractivity contribution < 1.29 is 9.53 Å². The monoisotopic (exact) mass is 323 g/mol. The van der Waals surface area contributed by atoms with Crippen molar-refractivity contribution in [2.75, 3.05) is 32.8 Å². The van der Waals surface area contributed by atoms with Crippen molar-refractivity contribution in [2.45, 2.75) is 45.2 Å². The number of aryl methyl sites for hydroxylation is 1. The number of amides is 1. The molecule has 2 aliphatic heterocycles. The van der Waals surface area contributed by atoms with Crippen molar-refractivity contribution in [3.63, 3.8) is 0 Å². The van der Waals surface area contributed by atoms with Gasteiger partial charge in [0.2, 0.25) is 5.91 Å². The third-order valence-electron chi connectivity index (χ3n) is 4.59. The molecule has 122 valence electrons. The molecule has 0 aliphatic carbocycles. The predicted molar refractivity (Wildman–Crippen MR) is 87.1 cm³/mol. The number of piperazine rings is 1. The molecule has 22 heavy (non-hydrogen) atoms. The molecule has 6 heteroatoms. The molecule has 0 N–H and O–H groups in total. The van der Waals surface area contributed by atoms with Gasteiger partial charge in [0.05, 0.1) is 36.4 Å². The van der Waals surface area contributed by atoms with Gasteiger partial charge in [-0.25, -0.2) is 4.98 Å². The molecule has 2 fully saturated rings. The summed E-state index contributed by atoms with van der Waals surface area (Å²) in [5.74, 6) is 0.197. The van der Waals surface area contributed by atoms with Gasteiger partial charge in [-0.2, -0.15) is 0 Å². The minimum Gasteiger partial charge on any atom is -0.378 e. The van der Waals surface area contributed by atoms with Crippen LogP contribution in [0.2, 0.25) is 0 Å². The van der Waals surface area contributed by atoms with Gasteiger partial charge < -0.3 is 9.64 Å². The number of fused-ring (bicyclic) bond motifs is 1. The molecule has 3 rings (SSSR count). The molecule has 1 aromatic rings.